The molecule has 1 aliphatic rings. The van der Waals surface area contributed by atoms with E-state index in [9.17, 15) is 4.79 Å². The van der Waals surface area contributed by atoms with Gasteiger partial charge in [-0.15, -0.1) is 0 Å². The summed E-state index contributed by atoms with van der Waals surface area (Å²) in [6.07, 6.45) is 5.51. The normalized spacial score (nSPS) is 18.2. The number of rotatable bonds is 8. The van der Waals surface area contributed by atoms with Crippen molar-refractivity contribution in [3.05, 3.63) is 0 Å². The number of nitrogens with one attached hydrogen (secondary N) is 1. The van der Waals surface area contributed by atoms with Crippen LogP contribution in [0.25, 0.3) is 0 Å². The van der Waals surface area contributed by atoms with Crippen LogP contribution in [0.15, 0.2) is 0 Å². The molecular weight excluding hydrogens is 246 g/mol. The second-order valence-corrected chi connectivity index (χ2v) is 6.39. The molecule has 0 bridgehead atoms. The second-order valence-electron chi connectivity index (χ2n) is 5.31. The van der Waals surface area contributed by atoms with Crippen LogP contribution in [0.1, 0.15) is 46.5 Å². The van der Waals surface area contributed by atoms with Crippen LogP contribution in [0.2, 0.25) is 0 Å². The summed E-state index contributed by atoms with van der Waals surface area (Å²) in [5.74, 6) is 2.78. The molecular formula is C14H27NO2S. The molecule has 0 saturated heterocycles. The summed E-state index contributed by atoms with van der Waals surface area (Å²) < 4.78 is 5.11. The summed E-state index contributed by atoms with van der Waals surface area (Å²) in [6, 6.07) is 0.155. The molecule has 0 aromatic heterocycles. The minimum absolute atomic E-state index is 0.106. The highest BCUT2D eigenvalue weighted by Gasteiger charge is 2.21. The van der Waals surface area contributed by atoms with Gasteiger partial charge in [0.15, 0.2) is 0 Å². The van der Waals surface area contributed by atoms with Crippen LogP contribution >= 0.6 is 11.8 Å². The average Bonchev–Trinajstić information content (AvgIpc) is 2.80. The third-order valence-electron chi connectivity index (χ3n) is 3.22. The van der Waals surface area contributed by atoms with Gasteiger partial charge in [0.05, 0.1) is 6.61 Å². The van der Waals surface area contributed by atoms with E-state index in [1.54, 1.807) is 0 Å². The molecule has 0 aromatic carbocycles. The minimum atomic E-state index is -0.156. The van der Waals surface area contributed by atoms with Crippen LogP contribution in [-0.4, -0.2) is 36.2 Å². The Morgan fingerprint density at radius 2 is 2.06 bits per heavy atom. The van der Waals surface area contributed by atoms with E-state index >= 15 is 0 Å². The van der Waals surface area contributed by atoms with Crippen molar-refractivity contribution in [3.8, 4) is 0 Å². The van der Waals surface area contributed by atoms with E-state index in [-0.39, 0.29) is 12.0 Å². The van der Waals surface area contributed by atoms with Gasteiger partial charge in [0.1, 0.15) is 6.04 Å². The predicted octanol–water partition coefficient (Wildman–Crippen LogP) is 2.84. The van der Waals surface area contributed by atoms with Crippen LogP contribution in [-0.2, 0) is 9.53 Å². The highest BCUT2D eigenvalue weighted by atomic mass is 32.2. The van der Waals surface area contributed by atoms with E-state index in [0.717, 1.165) is 11.7 Å². The topological polar surface area (TPSA) is 38.3 Å². The largest absolute Gasteiger partial charge is 0.465 e. The number of ether oxygens (including phenoxy) is 1. The van der Waals surface area contributed by atoms with Gasteiger partial charge >= 0.3 is 5.97 Å². The first-order valence-corrected chi connectivity index (χ1v) is 8.29. The molecule has 3 nitrogen and oxygen atoms in total. The van der Waals surface area contributed by atoms with Gasteiger partial charge in [0.25, 0.3) is 0 Å². The Morgan fingerprint density at radius 1 is 1.39 bits per heavy atom. The summed E-state index contributed by atoms with van der Waals surface area (Å²) in [6.45, 7) is 6.44. The number of carbonyl (C=O) groups is 1. The maximum Gasteiger partial charge on any atom is 0.323 e. The molecule has 4 heteroatoms. The molecule has 1 unspecified atom stereocenters. The Balaban J connectivity index is 2.27. The summed E-state index contributed by atoms with van der Waals surface area (Å²) in [7, 11) is 0. The Kier molecular flexibility index (Phi) is 7.75. The van der Waals surface area contributed by atoms with Gasteiger partial charge in [0.2, 0.25) is 0 Å². The van der Waals surface area contributed by atoms with Gasteiger partial charge < -0.3 is 10.1 Å². The number of hydrogen-bond donors (Lipinski definition) is 1. The lowest BCUT2D eigenvalue weighted by atomic mass is 10.1. The third-order valence-corrected chi connectivity index (χ3v) is 4.49. The van der Waals surface area contributed by atoms with Crippen molar-refractivity contribution in [2.24, 2.45) is 5.92 Å². The fourth-order valence-electron chi connectivity index (χ4n) is 2.36. The van der Waals surface area contributed by atoms with Gasteiger partial charge in [-0.3, -0.25) is 4.79 Å². The quantitative estimate of drug-likeness (QED) is 0.690. The van der Waals surface area contributed by atoms with Crippen molar-refractivity contribution in [2.45, 2.75) is 58.5 Å². The first-order chi connectivity index (χ1) is 8.63. The predicted molar refractivity (Wildman–Crippen MR) is 78.0 cm³/mol. The van der Waals surface area contributed by atoms with Crippen molar-refractivity contribution < 1.29 is 9.53 Å². The van der Waals surface area contributed by atoms with E-state index < -0.39 is 0 Å². The second kappa shape index (κ2) is 8.81. The van der Waals surface area contributed by atoms with Gasteiger partial charge in [-0.2, -0.15) is 11.8 Å². The molecule has 0 aromatic rings. The highest BCUT2D eigenvalue weighted by molar-refractivity contribution is 7.99. The monoisotopic (exact) mass is 273 g/mol. The summed E-state index contributed by atoms with van der Waals surface area (Å²) >= 11 is 1.89. The molecule has 0 spiro atoms. The lowest BCUT2D eigenvalue weighted by Crippen LogP contribution is -2.43. The Morgan fingerprint density at radius 3 is 2.61 bits per heavy atom. The van der Waals surface area contributed by atoms with Crippen molar-refractivity contribution in [1.29, 1.82) is 0 Å². The highest BCUT2D eigenvalue weighted by Crippen LogP contribution is 2.28. The van der Waals surface area contributed by atoms with Gasteiger partial charge in [-0.25, -0.2) is 0 Å². The van der Waals surface area contributed by atoms with E-state index in [0.29, 0.717) is 12.6 Å². The molecule has 18 heavy (non-hydrogen) atoms. The van der Waals surface area contributed by atoms with Crippen molar-refractivity contribution in [3.63, 3.8) is 0 Å². The standard InChI is InChI=1S/C14H27NO2S/c1-4-17-14(16)13(15-11(2)3)10-18-9-12-7-5-6-8-12/h11-13,15H,4-10H2,1-3H3. The summed E-state index contributed by atoms with van der Waals surface area (Å²) in [4.78, 5) is 11.8. The summed E-state index contributed by atoms with van der Waals surface area (Å²) in [5, 5.41) is 3.29. The molecule has 1 rings (SSSR count). The van der Waals surface area contributed by atoms with Crippen molar-refractivity contribution >= 4 is 17.7 Å². The van der Waals surface area contributed by atoms with Gasteiger partial charge in [-0.05, 0) is 31.4 Å². The lowest BCUT2D eigenvalue weighted by molar-refractivity contribution is -0.145. The maximum absolute atomic E-state index is 11.8. The molecule has 1 saturated carbocycles. The van der Waals surface area contributed by atoms with Gasteiger partial charge in [0, 0.05) is 11.8 Å². The number of esters is 1. The zero-order valence-corrected chi connectivity index (χ0v) is 12.7. The first kappa shape index (κ1) is 15.8. The maximum atomic E-state index is 11.8. The van der Waals surface area contributed by atoms with E-state index in [1.807, 2.05) is 18.7 Å². The molecule has 0 heterocycles. The Labute approximate surface area is 115 Å². The fourth-order valence-corrected chi connectivity index (χ4v) is 3.63. The molecule has 0 radical (unpaired) electrons. The molecule has 1 aliphatic carbocycles. The average molecular weight is 273 g/mol. The fraction of sp³-hybridized carbons (Fsp3) is 0.929. The first-order valence-electron chi connectivity index (χ1n) is 7.14. The van der Waals surface area contributed by atoms with Crippen LogP contribution in [0.5, 0.6) is 0 Å². The van der Waals surface area contributed by atoms with E-state index in [1.165, 1.54) is 31.4 Å². The van der Waals surface area contributed by atoms with Crippen LogP contribution in [0.4, 0.5) is 0 Å². The van der Waals surface area contributed by atoms with Crippen molar-refractivity contribution in [2.75, 3.05) is 18.1 Å². The Bertz CT molecular complexity index is 240. The van der Waals surface area contributed by atoms with Crippen LogP contribution < -0.4 is 5.32 Å². The smallest absolute Gasteiger partial charge is 0.323 e. The zero-order valence-electron chi connectivity index (χ0n) is 11.9. The van der Waals surface area contributed by atoms with Crippen molar-refractivity contribution in [1.82, 2.24) is 5.32 Å². The van der Waals surface area contributed by atoms with Gasteiger partial charge in [-0.1, -0.05) is 26.7 Å². The molecule has 1 N–H and O–H groups in total. The van der Waals surface area contributed by atoms with Crippen LogP contribution in [0.3, 0.4) is 0 Å². The lowest BCUT2D eigenvalue weighted by Gasteiger charge is -2.20. The molecule has 106 valence electrons. The zero-order chi connectivity index (χ0) is 13.4. The number of carbonyl (C=O) groups excluding carboxylic acids is 1. The number of thioether (sulfide) groups is 1. The summed E-state index contributed by atoms with van der Waals surface area (Å²) in [5.41, 5.74) is 0. The van der Waals surface area contributed by atoms with E-state index in [4.69, 9.17) is 4.74 Å². The number of hydrogen-bond acceptors (Lipinski definition) is 4. The SMILES string of the molecule is CCOC(=O)C(CSCC1CCCC1)NC(C)C. The molecule has 0 amide bonds. The molecule has 0 aliphatic heterocycles. The third kappa shape index (κ3) is 6.10. The molecule has 1 fully saturated rings. The Hall–Kier alpha value is -0.220. The van der Waals surface area contributed by atoms with Crippen LogP contribution in [0, 0.1) is 5.92 Å². The van der Waals surface area contributed by atoms with E-state index in [2.05, 4.69) is 19.2 Å². The molecule has 1 atom stereocenters. The minimum Gasteiger partial charge on any atom is -0.465 e.